The molecule has 0 fully saturated rings. The molecule has 220 valence electrons. The van der Waals surface area contributed by atoms with Crippen molar-refractivity contribution in [3.8, 4) is 0 Å². The van der Waals surface area contributed by atoms with Gasteiger partial charge in [0.2, 0.25) is 0 Å². The third-order valence-corrected chi connectivity index (χ3v) is 5.20. The molecule has 2 rings (SSSR count). The van der Waals surface area contributed by atoms with Gasteiger partial charge in [0.05, 0.1) is 46.4 Å². The predicted octanol–water partition coefficient (Wildman–Crippen LogP) is 3.91. The smallest absolute Gasteiger partial charge is 0.338 e. The van der Waals surface area contributed by atoms with Gasteiger partial charge in [0.1, 0.15) is 17.5 Å². The molecule has 0 amide bonds. The first-order chi connectivity index (χ1) is 19.3. The number of nitro benzene ring substituents is 2. The summed E-state index contributed by atoms with van der Waals surface area (Å²) in [5, 5.41) is 22.0. The van der Waals surface area contributed by atoms with Gasteiger partial charge in [-0.3, -0.25) is 34.6 Å². The van der Waals surface area contributed by atoms with Gasteiger partial charge in [-0.15, -0.1) is 0 Å². The zero-order valence-corrected chi connectivity index (χ0v) is 23.2. The zero-order chi connectivity index (χ0) is 31.3. The predicted molar refractivity (Wildman–Crippen MR) is 143 cm³/mol. The van der Waals surface area contributed by atoms with Crippen LogP contribution in [0.25, 0.3) is 0 Å². The highest BCUT2D eigenvalue weighted by Crippen LogP contribution is 2.30. The monoisotopic (exact) mass is 574 g/mol. The number of benzene rings is 2. The van der Waals surface area contributed by atoms with Crippen molar-refractivity contribution in [1.82, 2.24) is 0 Å². The van der Waals surface area contributed by atoms with Crippen LogP contribution < -0.4 is 0 Å². The van der Waals surface area contributed by atoms with Crippen molar-refractivity contribution in [2.24, 2.45) is 0 Å². The van der Waals surface area contributed by atoms with Crippen molar-refractivity contribution >= 4 is 40.8 Å². The Balaban J connectivity index is 0.000000422. The normalized spacial score (nSPS) is 10.8. The summed E-state index contributed by atoms with van der Waals surface area (Å²) in [5.41, 5.74) is -0.351. The molecule has 0 bridgehead atoms. The van der Waals surface area contributed by atoms with Crippen molar-refractivity contribution in [2.45, 2.75) is 47.0 Å². The number of nitrogens with zero attached hydrogens (tertiary/aromatic N) is 2. The third-order valence-electron chi connectivity index (χ3n) is 5.20. The van der Waals surface area contributed by atoms with Gasteiger partial charge in [0.25, 0.3) is 11.4 Å². The van der Waals surface area contributed by atoms with Crippen LogP contribution in [0.1, 0.15) is 72.4 Å². The lowest BCUT2D eigenvalue weighted by atomic mass is 9.92. The van der Waals surface area contributed by atoms with Crippen LogP contribution in [0, 0.1) is 20.2 Å². The Morgan fingerprint density at radius 1 is 0.732 bits per heavy atom. The van der Waals surface area contributed by atoms with Crippen molar-refractivity contribution in [3.05, 3.63) is 78.9 Å². The highest BCUT2D eigenvalue weighted by Gasteiger charge is 2.34. The van der Waals surface area contributed by atoms with Crippen LogP contribution in [0.2, 0.25) is 0 Å². The van der Waals surface area contributed by atoms with Crippen LogP contribution in [-0.4, -0.2) is 59.1 Å². The minimum absolute atomic E-state index is 0.0167. The van der Waals surface area contributed by atoms with Crippen molar-refractivity contribution in [1.29, 1.82) is 0 Å². The second-order valence-corrected chi connectivity index (χ2v) is 8.25. The molecule has 0 aromatic heterocycles. The van der Waals surface area contributed by atoms with Crippen molar-refractivity contribution in [3.63, 3.8) is 0 Å². The first-order valence-corrected chi connectivity index (χ1v) is 12.3. The molecule has 41 heavy (non-hydrogen) atoms. The average Bonchev–Trinajstić information content (AvgIpc) is 2.88. The number of Topliss-reactive ketones (excluding diaryl/α,β-unsaturated/α-hetero) is 2. The van der Waals surface area contributed by atoms with Gasteiger partial charge in [-0.25, -0.2) is 9.59 Å². The molecule has 0 spiro atoms. The van der Waals surface area contributed by atoms with Crippen molar-refractivity contribution < 1.29 is 48.0 Å². The maximum absolute atomic E-state index is 12.0. The van der Waals surface area contributed by atoms with Gasteiger partial charge >= 0.3 is 17.9 Å². The second-order valence-electron chi connectivity index (χ2n) is 8.25. The molecular weight excluding hydrogens is 544 g/mol. The highest BCUT2D eigenvalue weighted by atomic mass is 16.6. The van der Waals surface area contributed by atoms with E-state index in [9.17, 15) is 44.2 Å². The lowest BCUT2D eigenvalue weighted by Gasteiger charge is -2.14. The maximum Gasteiger partial charge on any atom is 0.338 e. The van der Waals surface area contributed by atoms with E-state index in [1.165, 1.54) is 31.2 Å². The summed E-state index contributed by atoms with van der Waals surface area (Å²) in [5.74, 6) is -4.45. The topological polar surface area (TPSA) is 199 Å². The molecule has 0 saturated carbocycles. The van der Waals surface area contributed by atoms with E-state index < -0.39 is 45.1 Å². The lowest BCUT2D eigenvalue weighted by Crippen LogP contribution is -2.23. The fraction of sp³-hybridized carbons (Fsp3) is 0.370. The number of rotatable bonds is 12. The molecule has 0 heterocycles. The fourth-order valence-corrected chi connectivity index (χ4v) is 3.55. The van der Waals surface area contributed by atoms with Gasteiger partial charge in [0.15, 0.2) is 0 Å². The number of carbonyl (C=O) groups excluding carboxylic acids is 5. The van der Waals surface area contributed by atoms with E-state index in [1.807, 2.05) is 0 Å². The molecule has 14 heteroatoms. The van der Waals surface area contributed by atoms with Gasteiger partial charge < -0.3 is 14.2 Å². The van der Waals surface area contributed by atoms with Crippen LogP contribution in [0.15, 0.2) is 36.4 Å². The minimum atomic E-state index is -1.47. The number of esters is 3. The first-order valence-electron chi connectivity index (χ1n) is 12.3. The zero-order valence-electron chi connectivity index (χ0n) is 23.2. The summed E-state index contributed by atoms with van der Waals surface area (Å²) in [7, 11) is 0. The number of hydrogen-bond donors (Lipinski definition) is 0. The Bertz CT molecular complexity index is 1340. The van der Waals surface area contributed by atoms with E-state index in [0.29, 0.717) is 0 Å². The van der Waals surface area contributed by atoms with Gasteiger partial charge in [-0.2, -0.15) is 0 Å². The van der Waals surface area contributed by atoms with E-state index in [0.717, 1.165) is 19.1 Å². The molecule has 0 saturated heterocycles. The third kappa shape index (κ3) is 9.91. The largest absolute Gasteiger partial charge is 0.465 e. The summed E-state index contributed by atoms with van der Waals surface area (Å²) in [6.07, 6.45) is -0.0798. The maximum atomic E-state index is 12.0. The van der Waals surface area contributed by atoms with Gasteiger partial charge in [-0.1, -0.05) is 0 Å². The molecule has 0 radical (unpaired) electrons. The van der Waals surface area contributed by atoms with Gasteiger partial charge in [-0.05, 0) is 58.9 Å². The Hall–Kier alpha value is -5.01. The number of ketones is 2. The Kier molecular flexibility index (Phi) is 13.4. The number of carbonyl (C=O) groups is 5. The quantitative estimate of drug-likeness (QED) is 0.116. The standard InChI is InChI=1S/C15H17NO7.C12H13NO5/c1-4-22-14(18)10-6-7-12(16(20)21)11(8-10)13(9(3)17)15(19)23-5-2;1-3-18-12(15)9-4-5-11(13(16)17)10(7-9)6-8(2)14/h6-8,13H,4-5H2,1-3H3;4-5,7H,3,6H2,1-2H3. The lowest BCUT2D eigenvalue weighted by molar-refractivity contribution is -0.385. The molecule has 1 atom stereocenters. The number of nitro groups is 2. The minimum Gasteiger partial charge on any atom is -0.465 e. The summed E-state index contributed by atoms with van der Waals surface area (Å²) in [4.78, 5) is 78.8. The molecule has 2 aromatic carbocycles. The Labute approximate surface area is 234 Å². The van der Waals surface area contributed by atoms with Crippen LogP contribution in [0.5, 0.6) is 0 Å². The summed E-state index contributed by atoms with van der Waals surface area (Å²) in [6.45, 7) is 7.66. The number of hydrogen-bond acceptors (Lipinski definition) is 12. The molecule has 0 aliphatic carbocycles. The molecule has 0 aliphatic rings. The number of ether oxygens (including phenoxy) is 3. The summed E-state index contributed by atoms with van der Waals surface area (Å²) >= 11 is 0. The van der Waals surface area contributed by atoms with Crippen LogP contribution >= 0.6 is 0 Å². The molecule has 1 unspecified atom stereocenters. The molecule has 0 aliphatic heterocycles. The molecular formula is C27H30N2O12. The van der Waals surface area contributed by atoms with Crippen LogP contribution in [0.4, 0.5) is 11.4 Å². The van der Waals surface area contributed by atoms with Crippen LogP contribution in [-0.2, 0) is 35.0 Å². The molecule has 0 N–H and O–H groups in total. The van der Waals surface area contributed by atoms with E-state index in [-0.39, 0.29) is 60.0 Å². The van der Waals surface area contributed by atoms with E-state index >= 15 is 0 Å². The molecule has 14 nitrogen and oxygen atoms in total. The first kappa shape index (κ1) is 34.0. The van der Waals surface area contributed by atoms with Crippen molar-refractivity contribution in [2.75, 3.05) is 19.8 Å². The van der Waals surface area contributed by atoms with Crippen LogP contribution in [0.3, 0.4) is 0 Å². The Morgan fingerprint density at radius 2 is 1.20 bits per heavy atom. The van der Waals surface area contributed by atoms with E-state index in [2.05, 4.69) is 0 Å². The fourth-order valence-electron chi connectivity index (χ4n) is 3.55. The molecule has 2 aromatic rings. The van der Waals surface area contributed by atoms with Gasteiger partial charge in [0, 0.05) is 24.1 Å². The summed E-state index contributed by atoms with van der Waals surface area (Å²) in [6, 6.07) is 7.26. The van der Waals surface area contributed by atoms with E-state index in [4.69, 9.17) is 14.2 Å². The SMILES string of the molecule is CCOC(=O)c1ccc([N+](=O)[O-])c(C(C(C)=O)C(=O)OCC)c1.CCOC(=O)c1ccc([N+](=O)[O-])c(CC(C)=O)c1. The Morgan fingerprint density at radius 3 is 1.61 bits per heavy atom. The average molecular weight is 575 g/mol. The van der Waals surface area contributed by atoms with E-state index in [1.54, 1.807) is 20.8 Å². The second kappa shape index (κ2) is 16.2. The highest BCUT2D eigenvalue weighted by molar-refractivity contribution is 6.04. The summed E-state index contributed by atoms with van der Waals surface area (Å²) < 4.78 is 14.4.